The van der Waals surface area contributed by atoms with Gasteiger partial charge in [-0.2, -0.15) is 0 Å². The first-order valence-corrected chi connectivity index (χ1v) is 9.92. The molecule has 0 radical (unpaired) electrons. The van der Waals surface area contributed by atoms with Crippen LogP contribution in [-0.2, 0) is 25.7 Å². The van der Waals surface area contributed by atoms with E-state index in [0.717, 1.165) is 18.2 Å². The fourth-order valence-corrected chi connectivity index (χ4v) is 3.78. The summed E-state index contributed by atoms with van der Waals surface area (Å²) < 4.78 is 32.1. The van der Waals surface area contributed by atoms with E-state index in [2.05, 4.69) is 0 Å². The smallest absolute Gasteiger partial charge is 0.307 e. The van der Waals surface area contributed by atoms with Gasteiger partial charge in [0.2, 0.25) is 0 Å². The lowest BCUT2D eigenvalue weighted by Gasteiger charge is -2.33. The number of nitro benzene ring substituents is 1. The molecule has 0 N–H and O–H groups in total. The second-order valence-corrected chi connectivity index (χ2v) is 11.1. The minimum atomic E-state index is -1.42. The van der Waals surface area contributed by atoms with E-state index in [9.17, 15) is 23.5 Å². The van der Waals surface area contributed by atoms with Gasteiger partial charge < -0.3 is 4.74 Å². The van der Waals surface area contributed by atoms with E-state index in [0.29, 0.717) is 0 Å². The molecular weight excluding hydrogens is 373 g/mol. The van der Waals surface area contributed by atoms with Gasteiger partial charge in [0.25, 0.3) is 5.69 Å². The number of hydrogen-bond donors (Lipinski definition) is 0. The molecule has 0 saturated heterocycles. The number of hydrogen-bond acceptors (Lipinski definition) is 5. The quantitative estimate of drug-likeness (QED) is 0.404. The predicted molar refractivity (Wildman–Crippen MR) is 104 cm³/mol. The molecule has 0 saturated carbocycles. The maximum Gasteiger partial charge on any atom is 0.307 e. The summed E-state index contributed by atoms with van der Waals surface area (Å²) >= 11 is 0. The van der Waals surface area contributed by atoms with Crippen molar-refractivity contribution >= 4 is 22.5 Å². The van der Waals surface area contributed by atoms with Crippen molar-refractivity contribution in [3.8, 4) is 0 Å². The minimum Gasteiger partial charge on any atom is -0.460 e. The molecule has 0 amide bonds. The second kappa shape index (κ2) is 8.04. The molecule has 0 unspecified atom stereocenters. The number of carbonyl (C=O) groups excluding carboxylic acids is 1. The van der Waals surface area contributed by atoms with Crippen LogP contribution >= 0.6 is 0 Å². The van der Waals surface area contributed by atoms with E-state index < -0.39 is 43.3 Å². The molecule has 0 bridgehead atoms. The van der Waals surface area contributed by atoms with Gasteiger partial charge in [0.15, 0.2) is 0 Å². The Hall–Kier alpha value is -1.83. The van der Waals surface area contributed by atoms with E-state index in [1.54, 1.807) is 48.5 Å². The van der Waals surface area contributed by atoms with Crippen LogP contribution < -0.4 is 0 Å². The fourth-order valence-electron chi connectivity index (χ4n) is 2.52. The highest BCUT2D eigenvalue weighted by Crippen LogP contribution is 2.35. The first kappa shape index (κ1) is 23.2. The molecule has 1 aromatic rings. The average molecular weight is 402 g/mol. The number of halogens is 1. The number of ether oxygens (including phenoxy) is 1. The molecule has 152 valence electrons. The lowest BCUT2D eigenvalue weighted by atomic mass is 9.80. The summed E-state index contributed by atoms with van der Waals surface area (Å²) in [5, 5.41) is 11.1. The van der Waals surface area contributed by atoms with Crippen molar-refractivity contribution in [2.75, 3.05) is 5.75 Å². The summed E-state index contributed by atoms with van der Waals surface area (Å²) in [7, 11) is -1.42. The van der Waals surface area contributed by atoms with Crippen molar-refractivity contribution in [3.63, 3.8) is 0 Å². The van der Waals surface area contributed by atoms with Crippen LogP contribution in [0, 0.1) is 15.9 Å². The van der Waals surface area contributed by atoms with Gasteiger partial charge in [-0.15, -0.1) is 0 Å². The molecule has 1 aromatic carbocycles. The monoisotopic (exact) mass is 401 g/mol. The third-order valence-electron chi connectivity index (χ3n) is 3.90. The van der Waals surface area contributed by atoms with Crippen molar-refractivity contribution in [2.45, 2.75) is 70.7 Å². The Kier molecular flexibility index (Phi) is 6.91. The van der Waals surface area contributed by atoms with Gasteiger partial charge in [-0.05, 0) is 47.6 Å². The first-order valence-electron chi connectivity index (χ1n) is 8.60. The Morgan fingerprint density at radius 2 is 1.74 bits per heavy atom. The van der Waals surface area contributed by atoms with Crippen molar-refractivity contribution in [3.05, 3.63) is 39.7 Å². The second-order valence-electron chi connectivity index (χ2n) is 8.85. The fraction of sp³-hybridized carbons (Fsp3) is 0.632. The zero-order valence-electron chi connectivity index (χ0n) is 16.9. The number of benzene rings is 1. The van der Waals surface area contributed by atoms with E-state index in [4.69, 9.17) is 4.74 Å². The van der Waals surface area contributed by atoms with Crippen molar-refractivity contribution in [1.82, 2.24) is 0 Å². The van der Waals surface area contributed by atoms with Gasteiger partial charge in [0.05, 0.1) is 11.3 Å². The van der Waals surface area contributed by atoms with Crippen LogP contribution in [0.1, 0.15) is 60.5 Å². The van der Waals surface area contributed by atoms with Crippen LogP contribution in [0.25, 0.3) is 0 Å². The van der Waals surface area contributed by atoms with Crippen LogP contribution in [-0.4, -0.2) is 31.2 Å². The normalized spacial score (nSPS) is 15.7. The van der Waals surface area contributed by atoms with Gasteiger partial charge in [-0.25, -0.2) is 4.39 Å². The zero-order valence-corrected chi connectivity index (χ0v) is 17.7. The number of rotatable bonds is 6. The number of carbonyl (C=O) groups is 1. The summed E-state index contributed by atoms with van der Waals surface area (Å²) in [6.45, 7) is 12.1. The molecule has 0 aromatic heterocycles. The first-order chi connectivity index (χ1) is 12.0. The largest absolute Gasteiger partial charge is 0.460 e. The zero-order chi connectivity index (χ0) is 21.2. The molecule has 0 aliphatic heterocycles. The van der Waals surface area contributed by atoms with Crippen LogP contribution in [0.3, 0.4) is 0 Å². The van der Waals surface area contributed by atoms with Gasteiger partial charge >= 0.3 is 5.97 Å². The Morgan fingerprint density at radius 1 is 1.19 bits per heavy atom. The Morgan fingerprint density at radius 3 is 2.19 bits per heavy atom. The molecule has 6 nitrogen and oxygen atoms in total. The van der Waals surface area contributed by atoms with Crippen molar-refractivity contribution in [1.29, 1.82) is 0 Å². The number of nitro groups is 1. The Balaban J connectivity index is 3.41. The SMILES string of the molecule is CC(C)(C)OC(=O)C[C@](C)(C[S@](=O)C(C)(C)C)c1cc([N+](=O)[O-])ccc1F. The molecule has 0 aliphatic carbocycles. The number of nitrogens with zero attached hydrogens (tertiary/aromatic N) is 1. The number of esters is 1. The molecular formula is C19H28FNO5S. The molecule has 0 aliphatic rings. The highest BCUT2D eigenvalue weighted by Gasteiger charge is 2.39. The molecule has 0 heterocycles. The predicted octanol–water partition coefficient (Wildman–Crippen LogP) is 4.27. The minimum absolute atomic E-state index is 0.0137. The molecule has 2 atom stereocenters. The lowest BCUT2D eigenvalue weighted by Crippen LogP contribution is -2.39. The Labute approximate surface area is 162 Å². The van der Waals surface area contributed by atoms with Gasteiger partial charge in [-0.1, -0.05) is 6.92 Å². The van der Waals surface area contributed by atoms with Gasteiger partial charge in [0.1, 0.15) is 11.4 Å². The molecule has 27 heavy (non-hydrogen) atoms. The summed E-state index contributed by atoms with van der Waals surface area (Å²) in [4.78, 5) is 22.9. The van der Waals surface area contributed by atoms with Crippen LogP contribution in [0.5, 0.6) is 0 Å². The van der Waals surface area contributed by atoms with Crippen LogP contribution in [0.15, 0.2) is 18.2 Å². The molecule has 8 heteroatoms. The highest BCUT2D eigenvalue weighted by atomic mass is 32.2. The highest BCUT2D eigenvalue weighted by molar-refractivity contribution is 7.86. The molecule has 1 rings (SSSR count). The maximum atomic E-state index is 14.6. The van der Waals surface area contributed by atoms with Crippen LogP contribution in [0.4, 0.5) is 10.1 Å². The standard InChI is InChI=1S/C19H28FNO5S/c1-17(2,3)26-16(22)11-19(7,12-27(25)18(4,5)6)14-10-13(21(23)24)8-9-15(14)20/h8-10H,11-12H2,1-7H3/t19-,27+/m1/s1. The maximum absolute atomic E-state index is 14.6. The van der Waals surface area contributed by atoms with E-state index in [-0.39, 0.29) is 23.4 Å². The summed E-state index contributed by atoms with van der Waals surface area (Å²) in [5.74, 6) is -1.30. The topological polar surface area (TPSA) is 86.5 Å². The van der Waals surface area contributed by atoms with Crippen molar-refractivity contribution in [2.24, 2.45) is 0 Å². The average Bonchev–Trinajstić information content (AvgIpc) is 2.43. The summed E-state index contributed by atoms with van der Waals surface area (Å²) in [6, 6.07) is 3.17. The van der Waals surface area contributed by atoms with E-state index in [1.807, 2.05) is 0 Å². The third kappa shape index (κ3) is 6.68. The number of non-ortho nitro benzene ring substituents is 1. The lowest BCUT2D eigenvalue weighted by molar-refractivity contribution is -0.385. The van der Waals surface area contributed by atoms with Crippen molar-refractivity contribution < 1.29 is 23.1 Å². The summed E-state index contributed by atoms with van der Waals surface area (Å²) in [5.41, 5.74) is -2.26. The van der Waals surface area contributed by atoms with Gasteiger partial charge in [-0.3, -0.25) is 19.1 Å². The third-order valence-corrected chi connectivity index (χ3v) is 6.16. The molecule has 0 fully saturated rings. The van der Waals surface area contributed by atoms with Crippen LogP contribution in [0.2, 0.25) is 0 Å². The summed E-state index contributed by atoms with van der Waals surface area (Å²) in [6.07, 6.45) is -0.246. The van der Waals surface area contributed by atoms with E-state index in [1.165, 1.54) is 0 Å². The van der Waals surface area contributed by atoms with Gasteiger partial charge in [0, 0.05) is 44.4 Å². The molecule has 0 spiro atoms. The Bertz CT molecular complexity index is 751. The van der Waals surface area contributed by atoms with E-state index >= 15 is 0 Å².